The fourth-order valence-corrected chi connectivity index (χ4v) is 2.72. The molecular formula is C19H18N2. The van der Waals surface area contributed by atoms with Gasteiger partial charge in [-0.1, -0.05) is 49.6 Å². The number of para-hydroxylation sites is 3. The number of imidazole rings is 1. The minimum atomic E-state index is 0.828. The van der Waals surface area contributed by atoms with Crippen molar-refractivity contribution in [1.82, 2.24) is 9.55 Å². The number of nitrogens with zero attached hydrogens (tertiary/aromatic N) is 2. The van der Waals surface area contributed by atoms with Gasteiger partial charge in [-0.3, -0.25) is 4.57 Å². The van der Waals surface area contributed by atoms with E-state index in [4.69, 9.17) is 4.98 Å². The van der Waals surface area contributed by atoms with Gasteiger partial charge in [-0.2, -0.15) is 0 Å². The maximum Gasteiger partial charge on any atom is 0.145 e. The Bertz CT molecular complexity index is 833. The van der Waals surface area contributed by atoms with Gasteiger partial charge in [0.1, 0.15) is 5.82 Å². The van der Waals surface area contributed by atoms with Crippen LogP contribution < -0.4 is 0 Å². The van der Waals surface area contributed by atoms with Crippen LogP contribution in [0.1, 0.15) is 17.0 Å². The molecule has 0 amide bonds. The number of hydrogen-bond donors (Lipinski definition) is 0. The van der Waals surface area contributed by atoms with Gasteiger partial charge in [0.15, 0.2) is 0 Å². The second-order valence-corrected chi connectivity index (χ2v) is 5.23. The normalized spacial score (nSPS) is 10.8. The first-order valence-electron chi connectivity index (χ1n) is 6.99. The lowest BCUT2D eigenvalue weighted by atomic mass is 10.1. The molecule has 104 valence electrons. The molecule has 0 fully saturated rings. The molecule has 3 rings (SSSR count). The minimum Gasteiger partial charge on any atom is -0.292 e. The molecule has 0 aliphatic rings. The third-order valence-electron chi connectivity index (χ3n) is 3.76. The van der Waals surface area contributed by atoms with E-state index in [1.165, 1.54) is 16.8 Å². The number of aromatic nitrogens is 2. The Hall–Kier alpha value is -2.61. The SMILES string of the molecule is C=CC(=C)c1nc2ccccc2n1-c1c(C)cccc1C. The molecule has 0 spiro atoms. The average Bonchev–Trinajstić information content (AvgIpc) is 2.86. The molecule has 2 aromatic carbocycles. The van der Waals surface area contributed by atoms with Gasteiger partial charge >= 0.3 is 0 Å². The molecule has 0 saturated heterocycles. The summed E-state index contributed by atoms with van der Waals surface area (Å²) < 4.78 is 2.18. The first kappa shape index (κ1) is 13.4. The van der Waals surface area contributed by atoms with E-state index >= 15 is 0 Å². The first-order chi connectivity index (χ1) is 10.1. The smallest absolute Gasteiger partial charge is 0.145 e. The zero-order valence-electron chi connectivity index (χ0n) is 12.4. The van der Waals surface area contributed by atoms with E-state index in [9.17, 15) is 0 Å². The number of rotatable bonds is 3. The highest BCUT2D eigenvalue weighted by molar-refractivity contribution is 5.84. The lowest BCUT2D eigenvalue weighted by Crippen LogP contribution is -2.04. The lowest BCUT2D eigenvalue weighted by Gasteiger charge is -2.15. The zero-order chi connectivity index (χ0) is 15.0. The van der Waals surface area contributed by atoms with E-state index in [1.54, 1.807) is 6.08 Å². The van der Waals surface area contributed by atoms with Crippen LogP contribution in [0.2, 0.25) is 0 Å². The quantitative estimate of drug-likeness (QED) is 0.625. The average molecular weight is 274 g/mol. The van der Waals surface area contributed by atoms with E-state index in [-0.39, 0.29) is 0 Å². The van der Waals surface area contributed by atoms with Crippen LogP contribution in [0.5, 0.6) is 0 Å². The number of benzene rings is 2. The third kappa shape index (κ3) is 2.09. The van der Waals surface area contributed by atoms with E-state index in [0.717, 1.165) is 22.4 Å². The molecule has 0 radical (unpaired) electrons. The molecular weight excluding hydrogens is 256 g/mol. The van der Waals surface area contributed by atoms with Crippen molar-refractivity contribution >= 4 is 16.6 Å². The van der Waals surface area contributed by atoms with E-state index in [1.807, 2.05) is 18.2 Å². The largest absolute Gasteiger partial charge is 0.292 e. The fourth-order valence-electron chi connectivity index (χ4n) is 2.72. The third-order valence-corrected chi connectivity index (χ3v) is 3.76. The molecule has 0 aliphatic carbocycles. The second-order valence-electron chi connectivity index (χ2n) is 5.23. The summed E-state index contributed by atoms with van der Waals surface area (Å²) in [5, 5.41) is 0. The van der Waals surface area contributed by atoms with Crippen molar-refractivity contribution in [3.05, 3.63) is 78.6 Å². The summed E-state index contributed by atoms with van der Waals surface area (Å²) in [7, 11) is 0. The van der Waals surface area contributed by atoms with Gasteiger partial charge in [0, 0.05) is 5.57 Å². The molecule has 0 aliphatic heterocycles. The molecule has 1 heterocycles. The molecule has 3 aromatic rings. The first-order valence-corrected chi connectivity index (χ1v) is 6.99. The molecule has 2 heteroatoms. The Kier molecular flexibility index (Phi) is 3.22. The molecule has 1 aromatic heterocycles. The topological polar surface area (TPSA) is 17.8 Å². The van der Waals surface area contributed by atoms with Crippen LogP contribution >= 0.6 is 0 Å². The predicted octanol–water partition coefficient (Wildman–Crippen LogP) is 4.84. The van der Waals surface area contributed by atoms with E-state index in [0.29, 0.717) is 0 Å². The van der Waals surface area contributed by atoms with Crippen molar-refractivity contribution in [2.45, 2.75) is 13.8 Å². The van der Waals surface area contributed by atoms with Crippen molar-refractivity contribution in [1.29, 1.82) is 0 Å². The lowest BCUT2D eigenvalue weighted by molar-refractivity contribution is 1.03. The van der Waals surface area contributed by atoms with Gasteiger partial charge in [-0.15, -0.1) is 0 Å². The standard InChI is InChI=1S/C19H18N2/c1-5-13(2)19-20-16-11-6-7-12-17(16)21(19)18-14(3)9-8-10-15(18)4/h5-12H,1-2H2,3-4H3. The predicted molar refractivity (Wildman–Crippen MR) is 89.8 cm³/mol. The highest BCUT2D eigenvalue weighted by atomic mass is 15.1. The van der Waals surface area contributed by atoms with Crippen molar-refractivity contribution in [2.24, 2.45) is 0 Å². The van der Waals surface area contributed by atoms with Crippen molar-refractivity contribution in [2.75, 3.05) is 0 Å². The number of fused-ring (bicyclic) bond motifs is 1. The molecule has 0 unspecified atom stereocenters. The van der Waals surface area contributed by atoms with Crippen molar-refractivity contribution in [3.8, 4) is 5.69 Å². The van der Waals surface area contributed by atoms with Crippen LogP contribution in [0.25, 0.3) is 22.3 Å². The molecule has 0 atom stereocenters. The highest BCUT2D eigenvalue weighted by Crippen LogP contribution is 2.29. The molecule has 0 N–H and O–H groups in total. The van der Waals surface area contributed by atoms with E-state index < -0.39 is 0 Å². The van der Waals surface area contributed by atoms with E-state index in [2.05, 4.69) is 55.8 Å². The fraction of sp³-hybridized carbons (Fsp3) is 0.105. The van der Waals surface area contributed by atoms with Gasteiger partial charge < -0.3 is 0 Å². The Morgan fingerprint density at radius 3 is 2.38 bits per heavy atom. The highest BCUT2D eigenvalue weighted by Gasteiger charge is 2.16. The van der Waals surface area contributed by atoms with Gasteiger partial charge in [-0.25, -0.2) is 4.98 Å². The summed E-state index contributed by atoms with van der Waals surface area (Å²) in [6.07, 6.45) is 1.76. The second kappa shape index (κ2) is 5.06. The van der Waals surface area contributed by atoms with Crippen LogP contribution in [0.3, 0.4) is 0 Å². The Balaban J connectivity index is 2.45. The van der Waals surface area contributed by atoms with Crippen LogP contribution in [0, 0.1) is 13.8 Å². The van der Waals surface area contributed by atoms with Crippen molar-refractivity contribution < 1.29 is 0 Å². The Morgan fingerprint density at radius 1 is 1.05 bits per heavy atom. The van der Waals surface area contributed by atoms with Gasteiger partial charge in [0.25, 0.3) is 0 Å². The summed E-state index contributed by atoms with van der Waals surface area (Å²) in [6, 6.07) is 14.5. The van der Waals surface area contributed by atoms with Crippen LogP contribution in [0.15, 0.2) is 61.7 Å². The number of allylic oxidation sites excluding steroid dienone is 2. The van der Waals surface area contributed by atoms with Crippen LogP contribution in [0.4, 0.5) is 0 Å². The van der Waals surface area contributed by atoms with Crippen LogP contribution in [-0.2, 0) is 0 Å². The number of hydrogen-bond acceptors (Lipinski definition) is 1. The minimum absolute atomic E-state index is 0.828. The Morgan fingerprint density at radius 2 is 1.71 bits per heavy atom. The number of aryl methyl sites for hydroxylation is 2. The molecule has 21 heavy (non-hydrogen) atoms. The molecule has 0 bridgehead atoms. The maximum atomic E-state index is 4.73. The van der Waals surface area contributed by atoms with Gasteiger partial charge in [-0.05, 0) is 37.1 Å². The maximum absolute atomic E-state index is 4.73. The molecule has 0 saturated carbocycles. The van der Waals surface area contributed by atoms with Gasteiger partial charge in [0.05, 0.1) is 16.7 Å². The summed E-state index contributed by atoms with van der Waals surface area (Å²) in [4.78, 5) is 4.73. The van der Waals surface area contributed by atoms with Crippen molar-refractivity contribution in [3.63, 3.8) is 0 Å². The molecule has 2 nitrogen and oxygen atoms in total. The zero-order valence-corrected chi connectivity index (χ0v) is 12.4. The summed E-state index contributed by atoms with van der Waals surface area (Å²) in [5.41, 5.74) is 6.50. The summed E-state index contributed by atoms with van der Waals surface area (Å²) in [5.74, 6) is 0.851. The monoisotopic (exact) mass is 274 g/mol. The summed E-state index contributed by atoms with van der Waals surface area (Å²) in [6.45, 7) is 12.2. The van der Waals surface area contributed by atoms with Crippen LogP contribution in [-0.4, -0.2) is 9.55 Å². The van der Waals surface area contributed by atoms with Gasteiger partial charge in [0.2, 0.25) is 0 Å². The summed E-state index contributed by atoms with van der Waals surface area (Å²) >= 11 is 0. The Labute approximate surface area is 125 Å².